The predicted molar refractivity (Wildman–Crippen MR) is 113 cm³/mol. The first-order valence-electron chi connectivity index (χ1n) is 10.4. The van der Waals surface area contributed by atoms with Gasteiger partial charge in [-0.25, -0.2) is 4.98 Å². The number of hydrogen-bond acceptors (Lipinski definition) is 4. The third-order valence-electron chi connectivity index (χ3n) is 5.07. The summed E-state index contributed by atoms with van der Waals surface area (Å²) in [5, 5.41) is 2.92. The summed E-state index contributed by atoms with van der Waals surface area (Å²) in [5.41, 5.74) is 1.87. The number of ether oxygens (including phenoxy) is 1. The number of aromatic nitrogens is 2. The highest BCUT2D eigenvalue weighted by atomic mass is 16.5. The SMILES string of the molecule is CCN(CC)C(=O)c1nc(C(=O)Nc2ccccc2OC(C)C)n2c1CCCC2. The molecule has 1 aromatic carbocycles. The molecule has 1 N–H and O–H groups in total. The Bertz CT molecular complexity index is 884. The molecule has 0 atom stereocenters. The summed E-state index contributed by atoms with van der Waals surface area (Å²) in [6.45, 7) is 9.70. The van der Waals surface area contributed by atoms with Crippen LogP contribution in [0.4, 0.5) is 5.69 Å². The molecule has 0 saturated heterocycles. The van der Waals surface area contributed by atoms with E-state index >= 15 is 0 Å². The minimum absolute atomic E-state index is 0.00877. The van der Waals surface area contributed by atoms with Gasteiger partial charge in [0.25, 0.3) is 11.8 Å². The molecule has 7 heteroatoms. The van der Waals surface area contributed by atoms with Gasteiger partial charge in [0, 0.05) is 19.6 Å². The van der Waals surface area contributed by atoms with Crippen molar-refractivity contribution >= 4 is 17.5 Å². The Hall–Kier alpha value is -2.83. The summed E-state index contributed by atoms with van der Waals surface area (Å²) in [6.07, 6.45) is 2.72. The zero-order chi connectivity index (χ0) is 21.0. The molecule has 1 aliphatic rings. The zero-order valence-corrected chi connectivity index (χ0v) is 17.7. The van der Waals surface area contributed by atoms with Gasteiger partial charge in [-0.15, -0.1) is 0 Å². The van der Waals surface area contributed by atoms with E-state index in [1.165, 1.54) is 0 Å². The van der Waals surface area contributed by atoms with E-state index in [1.54, 1.807) is 11.0 Å². The number of nitrogens with zero attached hydrogens (tertiary/aromatic N) is 3. The summed E-state index contributed by atoms with van der Waals surface area (Å²) in [5.74, 6) is 0.463. The number of nitrogens with one attached hydrogen (secondary N) is 1. The fourth-order valence-corrected chi connectivity index (χ4v) is 3.65. The molecule has 0 spiro atoms. The molecule has 1 aliphatic heterocycles. The molecule has 2 heterocycles. The van der Waals surface area contributed by atoms with Crippen LogP contribution in [0.5, 0.6) is 5.75 Å². The minimum atomic E-state index is -0.327. The lowest BCUT2D eigenvalue weighted by Gasteiger charge is -2.20. The molecule has 7 nitrogen and oxygen atoms in total. The van der Waals surface area contributed by atoms with E-state index in [0.717, 1.165) is 25.0 Å². The average molecular weight is 399 g/mol. The largest absolute Gasteiger partial charge is 0.489 e. The number of carbonyl (C=O) groups excluding carboxylic acids is 2. The van der Waals surface area contributed by atoms with Gasteiger partial charge in [-0.3, -0.25) is 9.59 Å². The van der Waals surface area contributed by atoms with Gasteiger partial charge in [0.15, 0.2) is 5.82 Å². The third kappa shape index (κ3) is 4.44. The molecule has 2 amide bonds. The van der Waals surface area contributed by atoms with Crippen LogP contribution in [0.25, 0.3) is 0 Å². The summed E-state index contributed by atoms with van der Waals surface area (Å²) in [6, 6.07) is 7.34. The number of anilines is 1. The number of imidazole rings is 1. The number of hydrogen-bond donors (Lipinski definition) is 1. The molecule has 0 aliphatic carbocycles. The van der Waals surface area contributed by atoms with Gasteiger partial charge in [0.05, 0.1) is 17.5 Å². The molecular weight excluding hydrogens is 368 g/mol. The second-order valence-electron chi connectivity index (χ2n) is 7.43. The van der Waals surface area contributed by atoms with E-state index in [1.807, 2.05) is 50.5 Å². The van der Waals surface area contributed by atoms with Crippen LogP contribution < -0.4 is 10.1 Å². The lowest BCUT2D eigenvalue weighted by atomic mass is 10.1. The first-order chi connectivity index (χ1) is 14.0. The van der Waals surface area contributed by atoms with Crippen LogP contribution >= 0.6 is 0 Å². The van der Waals surface area contributed by atoms with Gasteiger partial charge < -0.3 is 19.5 Å². The summed E-state index contributed by atoms with van der Waals surface area (Å²) >= 11 is 0. The van der Waals surface area contributed by atoms with Gasteiger partial charge in [-0.2, -0.15) is 0 Å². The number of carbonyl (C=O) groups is 2. The van der Waals surface area contributed by atoms with Crippen molar-refractivity contribution in [1.82, 2.24) is 14.5 Å². The topological polar surface area (TPSA) is 76.5 Å². The van der Waals surface area contributed by atoms with Crippen LogP contribution in [0.1, 0.15) is 67.3 Å². The molecule has 1 aromatic heterocycles. The maximum atomic E-state index is 13.1. The smallest absolute Gasteiger partial charge is 0.291 e. The number of fused-ring (bicyclic) bond motifs is 1. The standard InChI is InChI=1S/C22H30N4O3/c1-5-25(6-2)22(28)19-17-12-9-10-14-26(17)20(24-19)21(27)23-16-11-7-8-13-18(16)29-15(3)4/h7-8,11,13,15H,5-6,9-10,12,14H2,1-4H3,(H,23,27). The first kappa shape index (κ1) is 20.9. The maximum Gasteiger partial charge on any atom is 0.291 e. The van der Waals surface area contributed by atoms with Gasteiger partial charge in [0.1, 0.15) is 11.4 Å². The van der Waals surface area contributed by atoms with E-state index in [2.05, 4.69) is 10.3 Å². The normalized spacial score (nSPS) is 13.1. The molecule has 0 unspecified atom stereocenters. The number of para-hydroxylation sites is 2. The molecule has 29 heavy (non-hydrogen) atoms. The van der Waals surface area contributed by atoms with Crippen molar-refractivity contribution in [2.75, 3.05) is 18.4 Å². The van der Waals surface area contributed by atoms with Crippen molar-refractivity contribution in [1.29, 1.82) is 0 Å². The Kier molecular flexibility index (Phi) is 6.56. The highest BCUT2D eigenvalue weighted by Gasteiger charge is 2.29. The van der Waals surface area contributed by atoms with E-state index < -0.39 is 0 Å². The Morgan fingerprint density at radius 2 is 1.93 bits per heavy atom. The van der Waals surface area contributed by atoms with E-state index in [-0.39, 0.29) is 23.7 Å². The van der Waals surface area contributed by atoms with Crippen molar-refractivity contribution in [3.63, 3.8) is 0 Å². The van der Waals surface area contributed by atoms with E-state index in [4.69, 9.17) is 4.74 Å². The van der Waals surface area contributed by atoms with Crippen LogP contribution in [0.15, 0.2) is 24.3 Å². The minimum Gasteiger partial charge on any atom is -0.489 e. The predicted octanol–water partition coefficient (Wildman–Crippen LogP) is 3.74. The van der Waals surface area contributed by atoms with Gasteiger partial charge in [-0.1, -0.05) is 12.1 Å². The molecule has 0 saturated carbocycles. The van der Waals surface area contributed by atoms with Gasteiger partial charge in [0.2, 0.25) is 0 Å². The quantitative estimate of drug-likeness (QED) is 0.771. The van der Waals surface area contributed by atoms with Crippen molar-refractivity contribution in [3.05, 3.63) is 41.5 Å². The zero-order valence-electron chi connectivity index (χ0n) is 17.7. The van der Waals surface area contributed by atoms with E-state index in [0.29, 0.717) is 36.8 Å². The Labute approximate surface area is 172 Å². The monoisotopic (exact) mass is 398 g/mol. The molecule has 0 fully saturated rings. The molecular formula is C22H30N4O3. The van der Waals surface area contributed by atoms with Gasteiger partial charge >= 0.3 is 0 Å². The average Bonchev–Trinajstić information content (AvgIpc) is 3.10. The molecule has 156 valence electrons. The maximum absolute atomic E-state index is 13.1. The van der Waals surface area contributed by atoms with Crippen molar-refractivity contribution < 1.29 is 14.3 Å². The highest BCUT2D eigenvalue weighted by molar-refractivity contribution is 6.04. The number of rotatable bonds is 7. The second kappa shape index (κ2) is 9.11. The fourth-order valence-electron chi connectivity index (χ4n) is 3.65. The first-order valence-corrected chi connectivity index (χ1v) is 10.4. The second-order valence-corrected chi connectivity index (χ2v) is 7.43. The van der Waals surface area contributed by atoms with Crippen LogP contribution in [-0.2, 0) is 13.0 Å². The summed E-state index contributed by atoms with van der Waals surface area (Å²) in [4.78, 5) is 32.3. The Morgan fingerprint density at radius 1 is 1.21 bits per heavy atom. The molecule has 0 radical (unpaired) electrons. The van der Waals surface area contributed by atoms with Crippen LogP contribution in [-0.4, -0.2) is 45.5 Å². The van der Waals surface area contributed by atoms with Crippen molar-refractivity contribution in [3.8, 4) is 5.75 Å². The third-order valence-corrected chi connectivity index (χ3v) is 5.07. The van der Waals surface area contributed by atoms with E-state index in [9.17, 15) is 9.59 Å². The fraction of sp³-hybridized carbons (Fsp3) is 0.500. The molecule has 0 bridgehead atoms. The lowest BCUT2D eigenvalue weighted by Crippen LogP contribution is -2.31. The van der Waals surface area contributed by atoms with Crippen LogP contribution in [0.3, 0.4) is 0 Å². The molecule has 3 rings (SSSR count). The van der Waals surface area contributed by atoms with Gasteiger partial charge in [-0.05, 0) is 59.1 Å². The van der Waals surface area contributed by atoms with Crippen molar-refractivity contribution in [2.24, 2.45) is 0 Å². The summed E-state index contributed by atoms with van der Waals surface area (Å²) in [7, 11) is 0. The molecule has 2 aromatic rings. The number of benzene rings is 1. The highest BCUT2D eigenvalue weighted by Crippen LogP contribution is 2.27. The Morgan fingerprint density at radius 3 is 2.62 bits per heavy atom. The van der Waals surface area contributed by atoms with Crippen LogP contribution in [0, 0.1) is 0 Å². The lowest BCUT2D eigenvalue weighted by molar-refractivity contribution is 0.0766. The van der Waals surface area contributed by atoms with Crippen LogP contribution in [0.2, 0.25) is 0 Å². The van der Waals surface area contributed by atoms with Crippen molar-refractivity contribution in [2.45, 2.75) is 59.6 Å². The number of amides is 2. The summed E-state index contributed by atoms with van der Waals surface area (Å²) < 4.78 is 7.70. The Balaban J connectivity index is 1.93.